The summed E-state index contributed by atoms with van der Waals surface area (Å²) in [5.41, 5.74) is 0. The molecule has 0 radical (unpaired) electrons. The molecule has 0 saturated heterocycles. The van der Waals surface area contributed by atoms with Crippen LogP contribution in [0.5, 0.6) is 0 Å². The number of esters is 2. The molecule has 4 heteroatoms. The summed E-state index contributed by atoms with van der Waals surface area (Å²) in [6, 6.07) is 0. The van der Waals surface area contributed by atoms with Crippen molar-refractivity contribution in [3.8, 4) is 0 Å². The fourth-order valence-electron chi connectivity index (χ4n) is 2.58. The first-order valence-electron chi connectivity index (χ1n) is 7.54. The summed E-state index contributed by atoms with van der Waals surface area (Å²) in [5, 5.41) is 0. The van der Waals surface area contributed by atoms with Crippen molar-refractivity contribution in [1.29, 1.82) is 0 Å². The highest BCUT2D eigenvalue weighted by Gasteiger charge is 2.37. The van der Waals surface area contributed by atoms with Crippen molar-refractivity contribution in [2.75, 3.05) is 13.2 Å². The second-order valence-corrected chi connectivity index (χ2v) is 5.12. The van der Waals surface area contributed by atoms with Crippen LogP contribution in [0.15, 0.2) is 0 Å². The van der Waals surface area contributed by atoms with Crippen molar-refractivity contribution >= 4 is 11.9 Å². The van der Waals surface area contributed by atoms with E-state index in [0.29, 0.717) is 13.2 Å². The minimum Gasteiger partial charge on any atom is -0.466 e. The van der Waals surface area contributed by atoms with Gasteiger partial charge in [-0.25, -0.2) is 0 Å². The molecule has 0 spiro atoms. The lowest BCUT2D eigenvalue weighted by atomic mass is 9.79. The fourth-order valence-corrected chi connectivity index (χ4v) is 2.58. The lowest BCUT2D eigenvalue weighted by Crippen LogP contribution is -2.35. The van der Waals surface area contributed by atoms with E-state index in [4.69, 9.17) is 9.47 Å². The second-order valence-electron chi connectivity index (χ2n) is 5.12. The second kappa shape index (κ2) is 8.94. The summed E-state index contributed by atoms with van der Waals surface area (Å²) in [6.45, 7) is 4.74. The fraction of sp³-hybridized carbons (Fsp3) is 0.867. The van der Waals surface area contributed by atoms with E-state index >= 15 is 0 Å². The molecule has 0 amide bonds. The Hall–Kier alpha value is -1.06. The standard InChI is InChI=1S/C15H26O4/c1-3-5-8-11-19-15(17)13-10-7-6-9-12(13)14(16)18-4-2/h12-13H,3-11H2,1-2H3. The van der Waals surface area contributed by atoms with Crippen LogP contribution in [0.25, 0.3) is 0 Å². The molecule has 1 saturated carbocycles. The summed E-state index contributed by atoms with van der Waals surface area (Å²) in [6.07, 6.45) is 6.54. The van der Waals surface area contributed by atoms with Gasteiger partial charge < -0.3 is 9.47 Å². The van der Waals surface area contributed by atoms with Gasteiger partial charge in [-0.2, -0.15) is 0 Å². The van der Waals surface area contributed by atoms with E-state index in [1.54, 1.807) is 6.92 Å². The lowest BCUT2D eigenvalue weighted by molar-refractivity contribution is -0.162. The first-order chi connectivity index (χ1) is 9.20. The van der Waals surface area contributed by atoms with E-state index in [0.717, 1.165) is 44.9 Å². The van der Waals surface area contributed by atoms with Crippen LogP contribution in [0.1, 0.15) is 58.8 Å². The van der Waals surface area contributed by atoms with Gasteiger partial charge in [0.05, 0.1) is 25.0 Å². The predicted octanol–water partition coefficient (Wildman–Crippen LogP) is 3.09. The van der Waals surface area contributed by atoms with Crippen molar-refractivity contribution < 1.29 is 19.1 Å². The number of unbranched alkanes of at least 4 members (excludes halogenated alkanes) is 2. The minimum atomic E-state index is -0.299. The van der Waals surface area contributed by atoms with Gasteiger partial charge >= 0.3 is 11.9 Å². The Morgan fingerprint density at radius 3 is 2.05 bits per heavy atom. The number of carbonyl (C=O) groups excluding carboxylic acids is 2. The Bertz CT molecular complexity index is 288. The van der Waals surface area contributed by atoms with Crippen molar-refractivity contribution in [3.05, 3.63) is 0 Å². The molecule has 0 aromatic rings. The molecule has 110 valence electrons. The Balaban J connectivity index is 2.46. The SMILES string of the molecule is CCCCCOC(=O)C1CCCCC1C(=O)OCC. The van der Waals surface area contributed by atoms with Gasteiger partial charge in [-0.15, -0.1) is 0 Å². The van der Waals surface area contributed by atoms with E-state index in [1.165, 1.54) is 0 Å². The van der Waals surface area contributed by atoms with Crippen molar-refractivity contribution in [2.24, 2.45) is 11.8 Å². The van der Waals surface area contributed by atoms with Crippen LogP contribution in [0.3, 0.4) is 0 Å². The quantitative estimate of drug-likeness (QED) is 0.527. The van der Waals surface area contributed by atoms with Crippen molar-refractivity contribution in [1.82, 2.24) is 0 Å². The van der Waals surface area contributed by atoms with Crippen LogP contribution in [0.4, 0.5) is 0 Å². The molecule has 0 aromatic heterocycles. The van der Waals surface area contributed by atoms with Gasteiger partial charge in [-0.1, -0.05) is 32.6 Å². The highest BCUT2D eigenvalue weighted by atomic mass is 16.5. The molecule has 0 aliphatic heterocycles. The van der Waals surface area contributed by atoms with Gasteiger partial charge in [0.25, 0.3) is 0 Å². The zero-order valence-corrected chi connectivity index (χ0v) is 12.2. The van der Waals surface area contributed by atoms with Gasteiger partial charge in [-0.05, 0) is 26.2 Å². The summed E-state index contributed by atoms with van der Waals surface area (Å²) >= 11 is 0. The van der Waals surface area contributed by atoms with E-state index in [1.807, 2.05) is 0 Å². The van der Waals surface area contributed by atoms with Crippen LogP contribution in [-0.2, 0) is 19.1 Å². The molecule has 1 aliphatic rings. The molecule has 4 nitrogen and oxygen atoms in total. The molecule has 1 fully saturated rings. The summed E-state index contributed by atoms with van der Waals surface area (Å²) in [5.74, 6) is -1.05. The largest absolute Gasteiger partial charge is 0.466 e. The lowest BCUT2D eigenvalue weighted by Gasteiger charge is -2.28. The highest BCUT2D eigenvalue weighted by molar-refractivity contribution is 5.82. The third-order valence-corrected chi connectivity index (χ3v) is 3.65. The molecular weight excluding hydrogens is 244 g/mol. The van der Waals surface area contributed by atoms with Gasteiger partial charge in [-0.3, -0.25) is 9.59 Å². The average molecular weight is 270 g/mol. The molecule has 0 bridgehead atoms. The molecule has 2 atom stereocenters. The number of hydrogen-bond donors (Lipinski definition) is 0. The smallest absolute Gasteiger partial charge is 0.309 e. The van der Waals surface area contributed by atoms with Crippen LogP contribution >= 0.6 is 0 Å². The van der Waals surface area contributed by atoms with Gasteiger partial charge in [0.1, 0.15) is 0 Å². The first-order valence-corrected chi connectivity index (χ1v) is 7.54. The van der Waals surface area contributed by atoms with Crippen molar-refractivity contribution in [3.63, 3.8) is 0 Å². The molecule has 1 rings (SSSR count). The maximum atomic E-state index is 12.1. The Morgan fingerprint density at radius 2 is 1.53 bits per heavy atom. The monoisotopic (exact) mass is 270 g/mol. The zero-order chi connectivity index (χ0) is 14.1. The normalized spacial score (nSPS) is 22.8. The first kappa shape index (κ1) is 16.0. The molecule has 0 heterocycles. The summed E-state index contributed by atoms with van der Waals surface area (Å²) in [7, 11) is 0. The zero-order valence-electron chi connectivity index (χ0n) is 12.2. The summed E-state index contributed by atoms with van der Waals surface area (Å²) in [4.78, 5) is 23.9. The topological polar surface area (TPSA) is 52.6 Å². The van der Waals surface area contributed by atoms with Crippen LogP contribution in [0, 0.1) is 11.8 Å². The van der Waals surface area contributed by atoms with Crippen molar-refractivity contribution in [2.45, 2.75) is 58.8 Å². The molecule has 2 unspecified atom stereocenters. The third-order valence-electron chi connectivity index (χ3n) is 3.65. The van der Waals surface area contributed by atoms with Gasteiger partial charge in [0, 0.05) is 0 Å². The van der Waals surface area contributed by atoms with Gasteiger partial charge in [0.15, 0.2) is 0 Å². The molecule has 0 aromatic carbocycles. The van der Waals surface area contributed by atoms with Crippen LogP contribution in [0.2, 0.25) is 0 Å². The van der Waals surface area contributed by atoms with E-state index < -0.39 is 0 Å². The van der Waals surface area contributed by atoms with E-state index in [9.17, 15) is 9.59 Å². The van der Waals surface area contributed by atoms with E-state index in [2.05, 4.69) is 6.92 Å². The third kappa shape index (κ3) is 5.21. The van der Waals surface area contributed by atoms with E-state index in [-0.39, 0.29) is 23.8 Å². The maximum absolute atomic E-state index is 12.1. The molecule has 0 N–H and O–H groups in total. The van der Waals surface area contributed by atoms with Crippen LogP contribution in [-0.4, -0.2) is 25.2 Å². The number of carbonyl (C=O) groups is 2. The Kier molecular flexibility index (Phi) is 7.53. The van der Waals surface area contributed by atoms with Crippen LogP contribution < -0.4 is 0 Å². The predicted molar refractivity (Wildman–Crippen MR) is 72.6 cm³/mol. The average Bonchev–Trinajstić information content (AvgIpc) is 2.43. The number of ether oxygens (including phenoxy) is 2. The number of hydrogen-bond acceptors (Lipinski definition) is 4. The number of rotatable bonds is 7. The summed E-state index contributed by atoms with van der Waals surface area (Å²) < 4.78 is 10.4. The highest BCUT2D eigenvalue weighted by Crippen LogP contribution is 2.32. The Labute approximate surface area is 115 Å². The minimum absolute atomic E-state index is 0.214. The molecule has 1 aliphatic carbocycles. The maximum Gasteiger partial charge on any atom is 0.309 e. The molecular formula is C15H26O4. The van der Waals surface area contributed by atoms with Gasteiger partial charge in [0.2, 0.25) is 0 Å². The molecule has 19 heavy (non-hydrogen) atoms. The Morgan fingerprint density at radius 1 is 0.947 bits per heavy atom.